The van der Waals surface area contributed by atoms with Gasteiger partial charge < -0.3 is 10.0 Å². The van der Waals surface area contributed by atoms with Crippen molar-refractivity contribution in [2.24, 2.45) is 17.3 Å². The Labute approximate surface area is 122 Å². The standard InChI is InChI=1S/C16H29NO3/c1-10(2)13(9-11(3)15(19)20)17(8)14(18)12(4)16(5,6)7/h9-10,12-13H,1-8H3,(H,19,20)/b11-9+. The van der Waals surface area contributed by atoms with Gasteiger partial charge in [0.05, 0.1) is 6.04 Å². The molecule has 0 bridgehead atoms. The Bertz CT molecular complexity index is 391. The van der Waals surface area contributed by atoms with Crippen molar-refractivity contribution in [3.05, 3.63) is 11.6 Å². The molecular formula is C16H29NO3. The molecule has 0 aliphatic rings. The summed E-state index contributed by atoms with van der Waals surface area (Å²) >= 11 is 0. The molecule has 0 saturated heterocycles. The SMILES string of the molecule is C/C(=C\C(C(C)C)N(C)C(=O)C(C)C(C)(C)C)C(=O)O. The van der Waals surface area contributed by atoms with Crippen LogP contribution in [-0.4, -0.2) is 35.0 Å². The summed E-state index contributed by atoms with van der Waals surface area (Å²) < 4.78 is 0. The molecule has 116 valence electrons. The predicted molar refractivity (Wildman–Crippen MR) is 81.4 cm³/mol. The van der Waals surface area contributed by atoms with Gasteiger partial charge in [-0.05, 0) is 18.3 Å². The highest BCUT2D eigenvalue weighted by Crippen LogP contribution is 2.28. The number of likely N-dealkylation sites (N-methyl/N-ethyl adjacent to an activating group) is 1. The van der Waals surface area contributed by atoms with E-state index in [0.717, 1.165) is 0 Å². The second-order valence-corrected chi connectivity index (χ2v) is 6.93. The fourth-order valence-corrected chi connectivity index (χ4v) is 1.90. The van der Waals surface area contributed by atoms with Gasteiger partial charge in [0.2, 0.25) is 5.91 Å². The number of rotatable bonds is 5. The normalized spacial score (nSPS) is 15.9. The first kappa shape index (κ1) is 18.7. The molecule has 2 atom stereocenters. The predicted octanol–water partition coefficient (Wildman–Crippen LogP) is 3.18. The molecule has 0 saturated carbocycles. The van der Waals surface area contributed by atoms with Gasteiger partial charge in [-0.25, -0.2) is 4.79 Å². The minimum absolute atomic E-state index is 0.0469. The van der Waals surface area contributed by atoms with Crippen molar-refractivity contribution in [3.63, 3.8) is 0 Å². The van der Waals surface area contributed by atoms with E-state index in [1.807, 2.05) is 41.5 Å². The molecule has 1 amide bonds. The maximum atomic E-state index is 12.5. The Morgan fingerprint density at radius 3 is 1.90 bits per heavy atom. The molecule has 20 heavy (non-hydrogen) atoms. The van der Waals surface area contributed by atoms with E-state index in [0.29, 0.717) is 0 Å². The summed E-state index contributed by atoms with van der Waals surface area (Å²) in [7, 11) is 1.75. The van der Waals surface area contributed by atoms with Crippen molar-refractivity contribution in [3.8, 4) is 0 Å². The van der Waals surface area contributed by atoms with E-state index in [9.17, 15) is 9.59 Å². The average Bonchev–Trinajstić information content (AvgIpc) is 2.31. The van der Waals surface area contributed by atoms with E-state index in [2.05, 4.69) is 0 Å². The molecule has 1 N–H and O–H groups in total. The van der Waals surface area contributed by atoms with E-state index in [4.69, 9.17) is 5.11 Å². The molecule has 2 unspecified atom stereocenters. The largest absolute Gasteiger partial charge is 0.478 e. The molecule has 4 nitrogen and oxygen atoms in total. The highest BCUT2D eigenvalue weighted by molar-refractivity contribution is 5.86. The van der Waals surface area contributed by atoms with Gasteiger partial charge in [0.15, 0.2) is 0 Å². The fourth-order valence-electron chi connectivity index (χ4n) is 1.90. The zero-order chi connectivity index (χ0) is 16.2. The van der Waals surface area contributed by atoms with Crippen LogP contribution in [0.25, 0.3) is 0 Å². The van der Waals surface area contributed by atoms with Crippen molar-refractivity contribution in [2.75, 3.05) is 7.05 Å². The lowest BCUT2D eigenvalue weighted by molar-refractivity contribution is -0.139. The lowest BCUT2D eigenvalue weighted by atomic mass is 9.81. The van der Waals surface area contributed by atoms with Crippen molar-refractivity contribution in [2.45, 2.75) is 54.5 Å². The van der Waals surface area contributed by atoms with Crippen molar-refractivity contribution >= 4 is 11.9 Å². The summed E-state index contributed by atoms with van der Waals surface area (Å²) in [5.74, 6) is -0.858. The van der Waals surface area contributed by atoms with E-state index >= 15 is 0 Å². The zero-order valence-electron chi connectivity index (χ0n) is 14.0. The van der Waals surface area contributed by atoms with Crippen LogP contribution in [0.15, 0.2) is 11.6 Å². The zero-order valence-corrected chi connectivity index (χ0v) is 14.0. The van der Waals surface area contributed by atoms with Crippen molar-refractivity contribution in [1.82, 2.24) is 4.90 Å². The molecule has 0 aliphatic heterocycles. The monoisotopic (exact) mass is 283 g/mol. The lowest BCUT2D eigenvalue weighted by Crippen LogP contribution is -2.45. The van der Waals surface area contributed by atoms with Crippen LogP contribution in [0.3, 0.4) is 0 Å². The molecule has 4 heteroatoms. The van der Waals surface area contributed by atoms with Crippen LogP contribution in [0.5, 0.6) is 0 Å². The summed E-state index contributed by atoms with van der Waals surface area (Å²) in [6.45, 7) is 13.6. The summed E-state index contributed by atoms with van der Waals surface area (Å²) in [5.41, 5.74) is 0.157. The van der Waals surface area contributed by atoms with Crippen molar-refractivity contribution in [1.29, 1.82) is 0 Å². The van der Waals surface area contributed by atoms with E-state index in [-0.39, 0.29) is 34.8 Å². The minimum Gasteiger partial charge on any atom is -0.478 e. The Morgan fingerprint density at radius 2 is 1.60 bits per heavy atom. The van der Waals surface area contributed by atoms with Crippen LogP contribution in [-0.2, 0) is 9.59 Å². The van der Waals surface area contributed by atoms with Gasteiger partial charge in [-0.1, -0.05) is 47.6 Å². The number of carbonyl (C=O) groups is 2. The van der Waals surface area contributed by atoms with Crippen LogP contribution in [0.1, 0.15) is 48.5 Å². The maximum Gasteiger partial charge on any atom is 0.331 e. The fraction of sp³-hybridized carbons (Fsp3) is 0.750. The Morgan fingerprint density at radius 1 is 1.15 bits per heavy atom. The molecule has 0 aromatic heterocycles. The Hall–Kier alpha value is -1.32. The number of carboxylic acid groups (broad SMARTS) is 1. The maximum absolute atomic E-state index is 12.5. The summed E-state index contributed by atoms with van der Waals surface area (Å²) in [4.78, 5) is 25.2. The number of hydrogen-bond acceptors (Lipinski definition) is 2. The van der Waals surface area contributed by atoms with Crippen LogP contribution in [0.4, 0.5) is 0 Å². The summed E-state index contributed by atoms with van der Waals surface area (Å²) in [6, 6.07) is -0.205. The Kier molecular flexibility index (Phi) is 6.45. The van der Waals surface area contributed by atoms with Gasteiger partial charge in [0.25, 0.3) is 0 Å². The number of hydrogen-bond donors (Lipinski definition) is 1. The van der Waals surface area contributed by atoms with Crippen LogP contribution < -0.4 is 0 Å². The summed E-state index contributed by atoms with van der Waals surface area (Å²) in [5, 5.41) is 9.00. The third-order valence-electron chi connectivity index (χ3n) is 3.91. The van der Waals surface area contributed by atoms with Gasteiger partial charge in [-0.15, -0.1) is 0 Å². The first-order valence-electron chi connectivity index (χ1n) is 7.08. The highest BCUT2D eigenvalue weighted by Gasteiger charge is 2.32. The average molecular weight is 283 g/mol. The molecule has 0 aliphatic carbocycles. The number of amides is 1. The quantitative estimate of drug-likeness (QED) is 0.788. The molecular weight excluding hydrogens is 254 g/mol. The van der Waals surface area contributed by atoms with Gasteiger partial charge in [0, 0.05) is 18.5 Å². The Balaban J connectivity index is 5.28. The number of aliphatic carboxylic acids is 1. The first-order valence-corrected chi connectivity index (χ1v) is 7.08. The molecule has 0 heterocycles. The van der Waals surface area contributed by atoms with E-state index in [1.165, 1.54) is 0 Å². The number of nitrogens with zero attached hydrogens (tertiary/aromatic N) is 1. The van der Waals surface area contributed by atoms with Crippen molar-refractivity contribution < 1.29 is 14.7 Å². The smallest absolute Gasteiger partial charge is 0.331 e. The second-order valence-electron chi connectivity index (χ2n) is 6.93. The molecule has 0 aromatic carbocycles. The minimum atomic E-state index is -0.944. The molecule has 0 radical (unpaired) electrons. The topological polar surface area (TPSA) is 57.6 Å². The first-order chi connectivity index (χ1) is 8.89. The highest BCUT2D eigenvalue weighted by atomic mass is 16.4. The molecule has 0 fully saturated rings. The number of carbonyl (C=O) groups excluding carboxylic acids is 1. The van der Waals surface area contributed by atoms with Gasteiger partial charge in [-0.2, -0.15) is 0 Å². The van der Waals surface area contributed by atoms with Gasteiger partial charge in [-0.3, -0.25) is 4.79 Å². The van der Waals surface area contributed by atoms with Gasteiger partial charge >= 0.3 is 5.97 Å². The second kappa shape index (κ2) is 6.91. The van der Waals surface area contributed by atoms with Crippen LogP contribution in [0, 0.1) is 17.3 Å². The molecule has 0 aromatic rings. The van der Waals surface area contributed by atoms with Crippen LogP contribution in [0.2, 0.25) is 0 Å². The van der Waals surface area contributed by atoms with E-state index in [1.54, 1.807) is 24.9 Å². The lowest BCUT2D eigenvalue weighted by Gasteiger charge is -2.35. The third kappa shape index (κ3) is 4.99. The third-order valence-corrected chi connectivity index (χ3v) is 3.91. The number of carboxylic acids is 1. The van der Waals surface area contributed by atoms with Gasteiger partial charge in [0.1, 0.15) is 0 Å². The molecule has 0 spiro atoms. The van der Waals surface area contributed by atoms with E-state index < -0.39 is 5.97 Å². The molecule has 0 rings (SSSR count). The van der Waals surface area contributed by atoms with Crippen LogP contribution >= 0.6 is 0 Å². The summed E-state index contributed by atoms with van der Waals surface area (Å²) in [6.07, 6.45) is 1.67.